The standard InChI is InChI=1S/C17H21N5O2S/c1-9-3-4-22(9)16-14-15(18-8-25-14)19-17(20-16)21-6-11-10(12(11)7-21)5-13(23)24-2/h8-12H,3-7H2,1-2H3/t9-,10?,11-,12+/m0/s1. The van der Waals surface area contributed by atoms with Crippen molar-refractivity contribution < 1.29 is 9.53 Å². The second kappa shape index (κ2) is 5.52. The molecule has 2 aromatic heterocycles. The van der Waals surface area contributed by atoms with E-state index in [1.807, 2.05) is 5.51 Å². The van der Waals surface area contributed by atoms with E-state index in [1.165, 1.54) is 13.5 Å². The molecule has 2 aliphatic heterocycles. The number of esters is 1. The molecule has 3 aliphatic rings. The van der Waals surface area contributed by atoms with Gasteiger partial charge in [0, 0.05) is 32.1 Å². The van der Waals surface area contributed by atoms with Gasteiger partial charge in [-0.05, 0) is 31.1 Å². The number of anilines is 2. The summed E-state index contributed by atoms with van der Waals surface area (Å²) in [4.78, 5) is 30.1. The number of methoxy groups -OCH3 is 1. The van der Waals surface area contributed by atoms with E-state index >= 15 is 0 Å². The van der Waals surface area contributed by atoms with Gasteiger partial charge in [0.15, 0.2) is 11.5 Å². The fourth-order valence-electron chi connectivity index (χ4n) is 4.30. The zero-order chi connectivity index (χ0) is 17.1. The van der Waals surface area contributed by atoms with Crippen molar-refractivity contribution in [1.29, 1.82) is 0 Å². The van der Waals surface area contributed by atoms with Crippen LogP contribution in [0.25, 0.3) is 10.3 Å². The predicted octanol–water partition coefficient (Wildman–Crippen LogP) is 1.93. The topological polar surface area (TPSA) is 71.5 Å². The lowest BCUT2D eigenvalue weighted by atomic mass is 10.1. The van der Waals surface area contributed by atoms with E-state index in [0.717, 1.165) is 41.7 Å². The lowest BCUT2D eigenvalue weighted by Gasteiger charge is -2.40. The number of rotatable bonds is 4. The molecule has 5 rings (SSSR count). The van der Waals surface area contributed by atoms with Crippen LogP contribution in [-0.2, 0) is 9.53 Å². The van der Waals surface area contributed by atoms with Crippen molar-refractivity contribution in [1.82, 2.24) is 15.0 Å². The molecule has 8 heteroatoms. The quantitative estimate of drug-likeness (QED) is 0.773. The smallest absolute Gasteiger partial charge is 0.305 e. The first-order valence-corrected chi connectivity index (χ1v) is 9.73. The molecule has 1 saturated carbocycles. The summed E-state index contributed by atoms with van der Waals surface area (Å²) in [5.74, 6) is 3.34. The van der Waals surface area contributed by atoms with E-state index in [9.17, 15) is 4.79 Å². The highest BCUT2D eigenvalue weighted by atomic mass is 32.1. The van der Waals surface area contributed by atoms with Crippen molar-refractivity contribution in [2.75, 3.05) is 36.5 Å². The van der Waals surface area contributed by atoms with E-state index in [2.05, 4.69) is 21.7 Å². The summed E-state index contributed by atoms with van der Waals surface area (Å²) in [5, 5.41) is 0. The molecule has 2 aromatic rings. The molecule has 25 heavy (non-hydrogen) atoms. The van der Waals surface area contributed by atoms with Crippen molar-refractivity contribution in [3.8, 4) is 0 Å². The summed E-state index contributed by atoms with van der Waals surface area (Å²) in [7, 11) is 1.46. The van der Waals surface area contributed by atoms with Crippen LogP contribution in [0.4, 0.5) is 11.8 Å². The predicted molar refractivity (Wildman–Crippen MR) is 96.0 cm³/mol. The summed E-state index contributed by atoms with van der Waals surface area (Å²) in [6.45, 7) is 5.14. The van der Waals surface area contributed by atoms with Gasteiger partial charge in [-0.1, -0.05) is 0 Å². The zero-order valence-corrected chi connectivity index (χ0v) is 15.2. The van der Waals surface area contributed by atoms with Crippen molar-refractivity contribution >= 4 is 39.4 Å². The van der Waals surface area contributed by atoms with Crippen LogP contribution in [0.5, 0.6) is 0 Å². The van der Waals surface area contributed by atoms with Gasteiger partial charge >= 0.3 is 5.97 Å². The average Bonchev–Trinajstić information content (AvgIpc) is 3.03. The van der Waals surface area contributed by atoms with E-state index in [0.29, 0.717) is 30.2 Å². The van der Waals surface area contributed by atoms with Crippen LogP contribution < -0.4 is 9.80 Å². The SMILES string of the molecule is COC(=O)CC1[C@H]2CN(c3nc(N4CC[C@@H]4C)c4scnc4n3)C[C@@H]12. The molecule has 4 heterocycles. The van der Waals surface area contributed by atoms with Gasteiger partial charge in [-0.2, -0.15) is 9.97 Å². The van der Waals surface area contributed by atoms with Crippen LogP contribution in [0.15, 0.2) is 5.51 Å². The number of piperidine rings is 1. The molecule has 0 amide bonds. The van der Waals surface area contributed by atoms with Gasteiger partial charge in [-0.3, -0.25) is 4.79 Å². The van der Waals surface area contributed by atoms with Crippen LogP contribution in [-0.4, -0.2) is 53.7 Å². The van der Waals surface area contributed by atoms with E-state index < -0.39 is 0 Å². The maximum Gasteiger partial charge on any atom is 0.305 e. The minimum Gasteiger partial charge on any atom is -0.469 e. The number of hydrogen-bond donors (Lipinski definition) is 0. The Kier molecular flexibility index (Phi) is 3.38. The van der Waals surface area contributed by atoms with Gasteiger partial charge in [-0.15, -0.1) is 11.3 Å². The number of carbonyl (C=O) groups is 1. The Morgan fingerprint density at radius 3 is 2.80 bits per heavy atom. The Balaban J connectivity index is 1.37. The van der Waals surface area contributed by atoms with Crippen molar-refractivity contribution in [2.45, 2.75) is 25.8 Å². The third-order valence-corrected chi connectivity index (χ3v) is 6.85. The van der Waals surface area contributed by atoms with Crippen molar-refractivity contribution in [3.05, 3.63) is 5.51 Å². The van der Waals surface area contributed by atoms with Crippen LogP contribution in [0.1, 0.15) is 19.8 Å². The third-order valence-electron chi connectivity index (χ3n) is 6.04. The lowest BCUT2D eigenvalue weighted by Crippen LogP contribution is -2.46. The molecule has 0 bridgehead atoms. The van der Waals surface area contributed by atoms with Crippen LogP contribution in [0.2, 0.25) is 0 Å². The minimum atomic E-state index is -0.0971. The average molecular weight is 359 g/mol. The molecule has 132 valence electrons. The molecule has 7 nitrogen and oxygen atoms in total. The fraction of sp³-hybridized carbons (Fsp3) is 0.647. The van der Waals surface area contributed by atoms with Gasteiger partial charge in [0.1, 0.15) is 4.70 Å². The van der Waals surface area contributed by atoms with Crippen LogP contribution >= 0.6 is 11.3 Å². The van der Waals surface area contributed by atoms with Crippen LogP contribution in [0, 0.1) is 17.8 Å². The minimum absolute atomic E-state index is 0.0971. The first-order chi connectivity index (χ1) is 12.2. The molecule has 0 N–H and O–H groups in total. The van der Waals surface area contributed by atoms with Gasteiger partial charge in [0.25, 0.3) is 0 Å². The molecule has 1 unspecified atom stereocenters. The van der Waals surface area contributed by atoms with Gasteiger partial charge in [0.05, 0.1) is 12.6 Å². The Morgan fingerprint density at radius 2 is 2.16 bits per heavy atom. The molecule has 1 aliphatic carbocycles. The number of aromatic nitrogens is 3. The Hall–Kier alpha value is -1.96. The summed E-state index contributed by atoms with van der Waals surface area (Å²) >= 11 is 1.62. The van der Waals surface area contributed by atoms with Crippen molar-refractivity contribution in [3.63, 3.8) is 0 Å². The number of carbonyl (C=O) groups excluding carboxylic acids is 1. The maximum atomic E-state index is 11.5. The first-order valence-electron chi connectivity index (χ1n) is 8.85. The molecular formula is C17H21N5O2S. The number of ether oxygens (including phenoxy) is 1. The molecule has 0 aromatic carbocycles. The Labute approximate surface area is 150 Å². The highest BCUT2D eigenvalue weighted by molar-refractivity contribution is 7.17. The highest BCUT2D eigenvalue weighted by Gasteiger charge is 2.56. The van der Waals surface area contributed by atoms with Crippen LogP contribution in [0.3, 0.4) is 0 Å². The van der Waals surface area contributed by atoms with E-state index in [4.69, 9.17) is 14.7 Å². The summed E-state index contributed by atoms with van der Waals surface area (Å²) < 4.78 is 5.88. The molecule has 2 saturated heterocycles. The normalized spacial score (nSPS) is 30.3. The molecule has 4 atom stereocenters. The lowest BCUT2D eigenvalue weighted by molar-refractivity contribution is -0.141. The molecule has 0 spiro atoms. The molecule has 3 fully saturated rings. The van der Waals surface area contributed by atoms with E-state index in [-0.39, 0.29) is 5.97 Å². The second-order valence-electron chi connectivity index (χ2n) is 7.36. The van der Waals surface area contributed by atoms with Gasteiger partial charge < -0.3 is 14.5 Å². The zero-order valence-electron chi connectivity index (χ0n) is 14.4. The number of fused-ring (bicyclic) bond motifs is 2. The maximum absolute atomic E-state index is 11.5. The summed E-state index contributed by atoms with van der Waals surface area (Å²) in [6.07, 6.45) is 1.75. The Bertz CT molecular complexity index is 828. The van der Waals surface area contributed by atoms with E-state index in [1.54, 1.807) is 11.3 Å². The third kappa shape index (κ3) is 2.38. The number of thiazole rings is 1. The summed E-state index contributed by atoms with van der Waals surface area (Å²) in [5.41, 5.74) is 2.65. The second-order valence-corrected chi connectivity index (χ2v) is 8.21. The van der Waals surface area contributed by atoms with Gasteiger partial charge in [0.2, 0.25) is 5.95 Å². The number of hydrogen-bond acceptors (Lipinski definition) is 8. The molecule has 0 radical (unpaired) electrons. The largest absolute Gasteiger partial charge is 0.469 e. The summed E-state index contributed by atoms with van der Waals surface area (Å²) in [6, 6.07) is 0.532. The Morgan fingerprint density at radius 1 is 1.36 bits per heavy atom. The number of nitrogens with zero attached hydrogens (tertiary/aromatic N) is 5. The van der Waals surface area contributed by atoms with Gasteiger partial charge in [-0.25, -0.2) is 4.98 Å². The highest BCUT2D eigenvalue weighted by Crippen LogP contribution is 2.54. The first kappa shape index (κ1) is 15.3. The monoisotopic (exact) mass is 359 g/mol. The fourth-order valence-corrected chi connectivity index (χ4v) is 5.03. The van der Waals surface area contributed by atoms with Crippen molar-refractivity contribution in [2.24, 2.45) is 17.8 Å². The molecular weight excluding hydrogens is 338 g/mol.